The third-order valence-electron chi connectivity index (χ3n) is 3.75. The molecule has 0 aromatic carbocycles. The first kappa shape index (κ1) is 15.7. The Hall–Kier alpha value is -1.72. The van der Waals surface area contributed by atoms with Gasteiger partial charge in [0.15, 0.2) is 0 Å². The molecule has 2 rings (SSSR count). The number of carbonyl (C=O) groups is 1. The van der Waals surface area contributed by atoms with Crippen molar-refractivity contribution in [2.24, 2.45) is 0 Å². The third kappa shape index (κ3) is 4.37. The molecule has 0 aliphatic heterocycles. The van der Waals surface area contributed by atoms with Crippen LogP contribution < -0.4 is 11.1 Å². The maximum absolute atomic E-state index is 11.8. The Morgan fingerprint density at radius 1 is 1.38 bits per heavy atom. The van der Waals surface area contributed by atoms with E-state index in [0.717, 1.165) is 37.1 Å². The average molecular weight is 294 g/mol. The smallest absolute Gasteiger partial charge is 0.407 e. The van der Waals surface area contributed by atoms with Crippen molar-refractivity contribution in [1.82, 2.24) is 15.1 Å². The van der Waals surface area contributed by atoms with E-state index in [4.69, 9.17) is 10.5 Å². The van der Waals surface area contributed by atoms with E-state index in [1.54, 1.807) is 0 Å². The van der Waals surface area contributed by atoms with Crippen LogP contribution in [-0.2, 0) is 4.74 Å². The number of rotatable bonds is 2. The summed E-state index contributed by atoms with van der Waals surface area (Å²) in [6.45, 7) is 7.53. The molecule has 6 heteroatoms. The first-order valence-electron chi connectivity index (χ1n) is 7.55. The monoisotopic (exact) mass is 294 g/mol. The second-order valence-corrected chi connectivity index (χ2v) is 6.80. The van der Waals surface area contributed by atoms with Gasteiger partial charge in [-0.05, 0) is 53.4 Å². The van der Waals surface area contributed by atoms with E-state index in [-0.39, 0.29) is 12.1 Å². The molecule has 0 saturated heterocycles. The van der Waals surface area contributed by atoms with Gasteiger partial charge in [-0.3, -0.25) is 4.68 Å². The molecular formula is C15H26N4O2. The van der Waals surface area contributed by atoms with E-state index in [1.807, 2.05) is 38.6 Å². The lowest BCUT2D eigenvalue weighted by molar-refractivity contribution is 0.0487. The summed E-state index contributed by atoms with van der Waals surface area (Å²) in [4.78, 5) is 11.8. The number of anilines is 1. The Morgan fingerprint density at radius 2 is 2.00 bits per heavy atom. The van der Waals surface area contributed by atoms with Crippen molar-refractivity contribution in [3.63, 3.8) is 0 Å². The molecule has 1 heterocycles. The van der Waals surface area contributed by atoms with Crippen LogP contribution in [0.1, 0.15) is 58.2 Å². The molecule has 1 aliphatic rings. The van der Waals surface area contributed by atoms with Crippen molar-refractivity contribution in [3.05, 3.63) is 11.9 Å². The van der Waals surface area contributed by atoms with Gasteiger partial charge in [0.05, 0.1) is 17.4 Å². The average Bonchev–Trinajstić information content (AvgIpc) is 2.68. The Morgan fingerprint density at radius 3 is 2.48 bits per heavy atom. The van der Waals surface area contributed by atoms with Gasteiger partial charge in [0, 0.05) is 12.2 Å². The summed E-state index contributed by atoms with van der Waals surface area (Å²) >= 11 is 0. The number of amides is 1. The van der Waals surface area contributed by atoms with Crippen LogP contribution in [0.5, 0.6) is 0 Å². The van der Waals surface area contributed by atoms with Gasteiger partial charge < -0.3 is 15.8 Å². The lowest BCUT2D eigenvalue weighted by Crippen LogP contribution is -2.41. The normalized spacial score (nSPS) is 22.9. The standard InChI is InChI=1S/C15H26N4O2/c1-10-13(16)9-19(18-10)12-7-5-11(6-8-12)17-14(20)21-15(2,3)4/h9,11-12H,5-8,16H2,1-4H3,(H,17,20). The number of hydrogen-bond donors (Lipinski definition) is 2. The highest BCUT2D eigenvalue weighted by atomic mass is 16.6. The number of ether oxygens (including phenoxy) is 1. The molecule has 0 bridgehead atoms. The molecule has 118 valence electrons. The summed E-state index contributed by atoms with van der Waals surface area (Å²) in [6, 6.07) is 0.558. The minimum Gasteiger partial charge on any atom is -0.444 e. The van der Waals surface area contributed by atoms with E-state index in [0.29, 0.717) is 6.04 Å². The lowest BCUT2D eigenvalue weighted by Gasteiger charge is -2.30. The molecule has 0 unspecified atom stereocenters. The van der Waals surface area contributed by atoms with Crippen molar-refractivity contribution >= 4 is 11.8 Å². The van der Waals surface area contributed by atoms with Gasteiger partial charge in [-0.25, -0.2) is 4.79 Å². The van der Waals surface area contributed by atoms with Crippen molar-refractivity contribution in [2.75, 3.05) is 5.73 Å². The highest BCUT2D eigenvalue weighted by Gasteiger charge is 2.26. The molecule has 1 aliphatic carbocycles. The van der Waals surface area contributed by atoms with Crippen LogP contribution in [0, 0.1) is 6.92 Å². The molecule has 0 radical (unpaired) electrons. The minimum absolute atomic E-state index is 0.185. The van der Waals surface area contributed by atoms with Crippen LogP contribution >= 0.6 is 0 Å². The highest BCUT2D eigenvalue weighted by Crippen LogP contribution is 2.29. The fourth-order valence-electron chi connectivity index (χ4n) is 2.64. The van der Waals surface area contributed by atoms with E-state index >= 15 is 0 Å². The minimum atomic E-state index is -0.453. The van der Waals surface area contributed by atoms with Gasteiger partial charge in [0.2, 0.25) is 0 Å². The summed E-state index contributed by atoms with van der Waals surface area (Å²) in [6.07, 6.45) is 5.42. The van der Waals surface area contributed by atoms with Crippen molar-refractivity contribution in [3.8, 4) is 0 Å². The number of nitrogens with two attached hydrogens (primary N) is 1. The molecule has 1 saturated carbocycles. The van der Waals surface area contributed by atoms with Gasteiger partial charge >= 0.3 is 6.09 Å². The number of nitrogen functional groups attached to an aromatic ring is 1. The Labute approximate surface area is 126 Å². The number of aryl methyl sites for hydroxylation is 1. The summed E-state index contributed by atoms with van der Waals surface area (Å²) in [5.74, 6) is 0. The molecule has 21 heavy (non-hydrogen) atoms. The fraction of sp³-hybridized carbons (Fsp3) is 0.733. The Balaban J connectivity index is 1.82. The van der Waals surface area contributed by atoms with Crippen molar-refractivity contribution < 1.29 is 9.53 Å². The molecule has 6 nitrogen and oxygen atoms in total. The SMILES string of the molecule is Cc1nn(C2CCC(NC(=O)OC(C)(C)C)CC2)cc1N. The van der Waals surface area contributed by atoms with Gasteiger partial charge in [0.25, 0.3) is 0 Å². The van der Waals surface area contributed by atoms with Crippen LogP contribution in [0.15, 0.2) is 6.20 Å². The van der Waals surface area contributed by atoms with Gasteiger partial charge in [-0.2, -0.15) is 5.10 Å². The summed E-state index contributed by atoms with van der Waals surface area (Å²) in [5.41, 5.74) is 7.01. The first-order chi connectivity index (χ1) is 9.74. The predicted octanol–water partition coefficient (Wildman–Crippen LogP) is 2.78. The Kier molecular flexibility index (Phi) is 4.44. The zero-order valence-corrected chi connectivity index (χ0v) is 13.3. The maximum atomic E-state index is 11.8. The zero-order valence-electron chi connectivity index (χ0n) is 13.3. The number of nitrogens with one attached hydrogen (secondary N) is 1. The molecule has 3 N–H and O–H groups in total. The molecule has 1 fully saturated rings. The second-order valence-electron chi connectivity index (χ2n) is 6.80. The zero-order chi connectivity index (χ0) is 15.6. The van der Waals surface area contributed by atoms with E-state index in [2.05, 4.69) is 10.4 Å². The Bertz CT molecular complexity index is 477. The van der Waals surface area contributed by atoms with Gasteiger partial charge in [0.1, 0.15) is 5.60 Å². The predicted molar refractivity (Wildman–Crippen MR) is 82.0 cm³/mol. The first-order valence-corrected chi connectivity index (χ1v) is 7.55. The number of carbonyl (C=O) groups excluding carboxylic acids is 1. The summed E-state index contributed by atoms with van der Waals surface area (Å²) in [5, 5.41) is 7.40. The quantitative estimate of drug-likeness (QED) is 0.878. The van der Waals surface area contributed by atoms with Crippen LogP contribution in [0.3, 0.4) is 0 Å². The third-order valence-corrected chi connectivity index (χ3v) is 3.75. The van der Waals surface area contributed by atoms with Crippen LogP contribution in [0.2, 0.25) is 0 Å². The number of alkyl carbamates (subject to hydrolysis) is 1. The number of nitrogens with zero attached hydrogens (tertiary/aromatic N) is 2. The van der Waals surface area contributed by atoms with Crippen molar-refractivity contribution in [1.29, 1.82) is 0 Å². The van der Waals surface area contributed by atoms with Gasteiger partial charge in [-0.1, -0.05) is 0 Å². The topological polar surface area (TPSA) is 82.2 Å². The molecule has 1 aromatic heterocycles. The molecule has 0 atom stereocenters. The van der Waals surface area contributed by atoms with Gasteiger partial charge in [-0.15, -0.1) is 0 Å². The van der Waals surface area contributed by atoms with Crippen LogP contribution in [0.25, 0.3) is 0 Å². The molecule has 1 amide bonds. The largest absolute Gasteiger partial charge is 0.444 e. The van der Waals surface area contributed by atoms with E-state index in [1.165, 1.54) is 0 Å². The summed E-state index contributed by atoms with van der Waals surface area (Å²) in [7, 11) is 0. The van der Waals surface area contributed by atoms with Crippen molar-refractivity contribution in [2.45, 2.75) is 71.1 Å². The van der Waals surface area contributed by atoms with Crippen LogP contribution in [0.4, 0.5) is 10.5 Å². The maximum Gasteiger partial charge on any atom is 0.407 e. The fourth-order valence-corrected chi connectivity index (χ4v) is 2.64. The highest BCUT2D eigenvalue weighted by molar-refractivity contribution is 5.68. The molecule has 1 aromatic rings. The molecular weight excluding hydrogens is 268 g/mol. The lowest BCUT2D eigenvalue weighted by atomic mass is 9.91. The van der Waals surface area contributed by atoms with E-state index in [9.17, 15) is 4.79 Å². The van der Waals surface area contributed by atoms with Crippen LogP contribution in [-0.4, -0.2) is 27.5 Å². The summed E-state index contributed by atoms with van der Waals surface area (Å²) < 4.78 is 7.25. The second kappa shape index (κ2) is 5.95. The van der Waals surface area contributed by atoms with E-state index < -0.39 is 5.60 Å². The molecule has 0 spiro atoms. The number of hydrogen-bond acceptors (Lipinski definition) is 4. The number of aromatic nitrogens is 2.